The average molecular weight is 496 g/mol. The Kier molecular flexibility index (Phi) is 9.42. The molecule has 7 nitrogen and oxygen atoms in total. The molecule has 0 heterocycles. The molecule has 35 heavy (non-hydrogen) atoms. The van der Waals surface area contributed by atoms with E-state index >= 15 is 0 Å². The van der Waals surface area contributed by atoms with Gasteiger partial charge in [-0.25, -0.2) is 13.1 Å². The molecule has 0 aliphatic rings. The molecular formula is C27H33N3O4S. The van der Waals surface area contributed by atoms with Crippen molar-refractivity contribution in [3.05, 3.63) is 90.0 Å². The zero-order valence-electron chi connectivity index (χ0n) is 20.3. The van der Waals surface area contributed by atoms with Gasteiger partial charge in [0.2, 0.25) is 15.9 Å². The van der Waals surface area contributed by atoms with Crippen molar-refractivity contribution in [3.8, 4) is 0 Å². The Morgan fingerprint density at radius 3 is 2.23 bits per heavy atom. The molecule has 3 aromatic rings. The van der Waals surface area contributed by atoms with Gasteiger partial charge in [0.25, 0.3) is 0 Å². The number of nitrogens with one attached hydrogen (secondary N) is 3. The molecule has 1 unspecified atom stereocenters. The van der Waals surface area contributed by atoms with Crippen LogP contribution < -0.4 is 15.4 Å². The minimum atomic E-state index is -3.57. The lowest BCUT2D eigenvalue weighted by Gasteiger charge is -2.16. The van der Waals surface area contributed by atoms with E-state index in [9.17, 15) is 13.2 Å². The summed E-state index contributed by atoms with van der Waals surface area (Å²) in [5, 5.41) is 6.01. The molecule has 0 aromatic heterocycles. The number of hydrogen-bond donors (Lipinski definition) is 3. The smallest absolute Gasteiger partial charge is 0.246 e. The van der Waals surface area contributed by atoms with E-state index < -0.39 is 16.1 Å². The molecule has 0 saturated carbocycles. The Labute approximate surface area is 208 Å². The third kappa shape index (κ3) is 8.51. The zero-order valence-corrected chi connectivity index (χ0v) is 21.1. The molecule has 1 atom stereocenters. The summed E-state index contributed by atoms with van der Waals surface area (Å²) in [6, 6.07) is 23.4. The maximum Gasteiger partial charge on any atom is 0.246 e. The first-order valence-corrected chi connectivity index (χ1v) is 13.1. The lowest BCUT2D eigenvalue weighted by Crippen LogP contribution is -2.32. The Morgan fingerprint density at radius 2 is 1.54 bits per heavy atom. The van der Waals surface area contributed by atoms with Gasteiger partial charge in [0.05, 0.1) is 18.1 Å². The lowest BCUT2D eigenvalue weighted by molar-refractivity contribution is -0.116. The predicted octanol–water partition coefficient (Wildman–Crippen LogP) is 4.57. The fourth-order valence-corrected chi connectivity index (χ4v) is 4.69. The van der Waals surface area contributed by atoms with Crippen LogP contribution >= 0.6 is 0 Å². The number of rotatable bonds is 12. The van der Waals surface area contributed by atoms with Crippen molar-refractivity contribution in [2.45, 2.75) is 50.8 Å². The molecule has 0 radical (unpaired) electrons. The standard InChI is InChI=1S/C27H33N3O4S/c1-20(2)30-35(32,33)26-14-12-24(13-15-26)29-27(31)21(3)28-25-11-7-10-23(18-25)19-34-17-16-22-8-5-4-6-9-22/h4-15,18,20-21,28,30H,16-17,19H2,1-3H3,(H,29,31). The number of carbonyl (C=O) groups is 1. The largest absolute Gasteiger partial charge is 0.376 e. The van der Waals surface area contributed by atoms with E-state index in [0.29, 0.717) is 18.9 Å². The molecule has 0 spiro atoms. The first-order valence-electron chi connectivity index (χ1n) is 11.6. The van der Waals surface area contributed by atoms with Crippen molar-refractivity contribution in [2.75, 3.05) is 17.2 Å². The number of ether oxygens (including phenoxy) is 1. The molecule has 8 heteroatoms. The molecule has 3 rings (SSSR count). The zero-order chi connectivity index (χ0) is 25.3. The second-order valence-electron chi connectivity index (χ2n) is 8.64. The fourth-order valence-electron chi connectivity index (χ4n) is 3.44. The van der Waals surface area contributed by atoms with Gasteiger partial charge in [0.15, 0.2) is 0 Å². The first-order chi connectivity index (χ1) is 16.7. The van der Waals surface area contributed by atoms with Gasteiger partial charge in [-0.2, -0.15) is 0 Å². The molecule has 186 valence electrons. The van der Waals surface area contributed by atoms with E-state index in [1.807, 2.05) is 42.5 Å². The number of amides is 1. The fraction of sp³-hybridized carbons (Fsp3) is 0.296. The van der Waals surface area contributed by atoms with Crippen molar-refractivity contribution >= 4 is 27.3 Å². The van der Waals surface area contributed by atoms with Crippen LogP contribution in [0.1, 0.15) is 31.9 Å². The van der Waals surface area contributed by atoms with E-state index in [1.54, 1.807) is 32.9 Å². The summed E-state index contributed by atoms with van der Waals surface area (Å²) in [5.41, 5.74) is 3.60. The third-order valence-corrected chi connectivity index (χ3v) is 6.85. The highest BCUT2D eigenvalue weighted by molar-refractivity contribution is 7.89. The van der Waals surface area contributed by atoms with Gasteiger partial charge in [0.1, 0.15) is 6.04 Å². The number of anilines is 2. The van der Waals surface area contributed by atoms with Crippen molar-refractivity contribution in [1.29, 1.82) is 0 Å². The van der Waals surface area contributed by atoms with Crippen molar-refractivity contribution in [3.63, 3.8) is 0 Å². The molecule has 0 saturated heterocycles. The second kappa shape index (κ2) is 12.5. The number of hydrogen-bond acceptors (Lipinski definition) is 5. The van der Waals surface area contributed by atoms with Crippen LogP contribution in [0.2, 0.25) is 0 Å². The van der Waals surface area contributed by atoms with Crippen molar-refractivity contribution in [2.24, 2.45) is 0 Å². The van der Waals surface area contributed by atoms with Gasteiger partial charge >= 0.3 is 0 Å². The average Bonchev–Trinajstić information content (AvgIpc) is 2.82. The van der Waals surface area contributed by atoms with Crippen LogP contribution in [0.25, 0.3) is 0 Å². The van der Waals surface area contributed by atoms with Crippen molar-refractivity contribution < 1.29 is 17.9 Å². The van der Waals surface area contributed by atoms with Gasteiger partial charge in [-0.15, -0.1) is 0 Å². The van der Waals surface area contributed by atoms with Crippen LogP contribution in [0.4, 0.5) is 11.4 Å². The molecule has 3 N–H and O–H groups in total. The highest BCUT2D eigenvalue weighted by Gasteiger charge is 2.16. The maximum atomic E-state index is 12.6. The molecule has 3 aromatic carbocycles. The SMILES string of the molecule is CC(C)NS(=O)(=O)c1ccc(NC(=O)C(C)Nc2cccc(COCCc3ccccc3)c2)cc1. The molecule has 1 amide bonds. The van der Waals surface area contributed by atoms with Crippen LogP contribution in [-0.2, 0) is 32.6 Å². The van der Waals surface area contributed by atoms with Gasteiger partial charge < -0.3 is 15.4 Å². The van der Waals surface area contributed by atoms with Crippen molar-refractivity contribution in [1.82, 2.24) is 4.72 Å². The number of carbonyl (C=O) groups excluding carboxylic acids is 1. The monoisotopic (exact) mass is 495 g/mol. The van der Waals surface area contributed by atoms with Crippen LogP contribution in [0.15, 0.2) is 83.8 Å². The topological polar surface area (TPSA) is 96.5 Å². The minimum absolute atomic E-state index is 0.151. The Balaban J connectivity index is 1.49. The number of sulfonamides is 1. The third-order valence-electron chi connectivity index (χ3n) is 5.17. The highest BCUT2D eigenvalue weighted by Crippen LogP contribution is 2.16. The van der Waals surface area contributed by atoms with Crippen LogP contribution in [-0.4, -0.2) is 33.0 Å². The molecule has 0 fully saturated rings. The van der Waals surface area contributed by atoms with E-state index in [0.717, 1.165) is 17.7 Å². The summed E-state index contributed by atoms with van der Waals surface area (Å²) in [5.74, 6) is -0.231. The summed E-state index contributed by atoms with van der Waals surface area (Å²) >= 11 is 0. The van der Waals surface area contributed by atoms with Gasteiger partial charge in [0, 0.05) is 17.4 Å². The maximum absolute atomic E-state index is 12.6. The second-order valence-corrected chi connectivity index (χ2v) is 10.4. The van der Waals surface area contributed by atoms with Crippen LogP contribution in [0.5, 0.6) is 0 Å². The minimum Gasteiger partial charge on any atom is -0.376 e. The Bertz CT molecular complexity index is 1200. The quantitative estimate of drug-likeness (QED) is 0.320. The molecule has 0 bridgehead atoms. The molecule has 0 aliphatic carbocycles. The summed E-state index contributed by atoms with van der Waals surface area (Å²) < 4.78 is 32.8. The van der Waals surface area contributed by atoms with E-state index in [1.165, 1.54) is 17.7 Å². The first kappa shape index (κ1) is 26.4. The van der Waals surface area contributed by atoms with Crippen LogP contribution in [0, 0.1) is 0 Å². The normalized spacial score (nSPS) is 12.3. The summed E-state index contributed by atoms with van der Waals surface area (Å²) in [4.78, 5) is 12.8. The molecule has 0 aliphatic heterocycles. The van der Waals surface area contributed by atoms with E-state index in [-0.39, 0.29) is 16.8 Å². The summed E-state index contributed by atoms with van der Waals surface area (Å²) in [6.45, 7) is 6.41. The summed E-state index contributed by atoms with van der Waals surface area (Å²) in [7, 11) is -3.57. The highest BCUT2D eigenvalue weighted by atomic mass is 32.2. The molecular weight excluding hydrogens is 462 g/mol. The van der Waals surface area contributed by atoms with Gasteiger partial charge in [-0.1, -0.05) is 42.5 Å². The van der Waals surface area contributed by atoms with E-state index in [2.05, 4.69) is 27.5 Å². The van der Waals surface area contributed by atoms with Gasteiger partial charge in [-0.3, -0.25) is 4.79 Å². The number of benzene rings is 3. The van der Waals surface area contributed by atoms with Crippen LogP contribution in [0.3, 0.4) is 0 Å². The summed E-state index contributed by atoms with van der Waals surface area (Å²) in [6.07, 6.45) is 0.858. The predicted molar refractivity (Wildman–Crippen MR) is 140 cm³/mol. The van der Waals surface area contributed by atoms with E-state index in [4.69, 9.17) is 4.74 Å². The lowest BCUT2D eigenvalue weighted by atomic mass is 10.1. The Hall–Kier alpha value is -3.20. The van der Waals surface area contributed by atoms with Gasteiger partial charge in [-0.05, 0) is 74.7 Å². The Morgan fingerprint density at radius 1 is 0.857 bits per heavy atom.